The van der Waals surface area contributed by atoms with Crippen molar-refractivity contribution in [3.8, 4) is 0 Å². The van der Waals surface area contributed by atoms with Crippen LogP contribution in [0.5, 0.6) is 0 Å². The van der Waals surface area contributed by atoms with Crippen molar-refractivity contribution in [3.63, 3.8) is 0 Å². The quantitative estimate of drug-likeness (QED) is 0.657. The Morgan fingerprint density at radius 3 is 2.31 bits per heavy atom. The van der Waals surface area contributed by atoms with Crippen molar-refractivity contribution < 1.29 is 0 Å². The predicted molar refractivity (Wildman–Crippen MR) is 59.7 cm³/mol. The van der Waals surface area contributed by atoms with E-state index in [1.54, 1.807) is 0 Å². The number of rotatable bonds is 5. The topological polar surface area (TPSA) is 29.3 Å². The van der Waals surface area contributed by atoms with E-state index in [1.165, 1.54) is 5.57 Å². The molecule has 0 bridgehead atoms. The molecule has 0 amide bonds. The fourth-order valence-corrected chi connectivity index (χ4v) is 1.24. The van der Waals surface area contributed by atoms with Gasteiger partial charge in [-0.3, -0.25) is 0 Å². The molecule has 0 fully saturated rings. The molecule has 1 atom stereocenters. The van der Waals surface area contributed by atoms with E-state index in [1.807, 2.05) is 6.92 Å². The first kappa shape index (κ1) is 12.4. The predicted octanol–water partition coefficient (Wildman–Crippen LogP) is 1.79. The third-order valence-corrected chi connectivity index (χ3v) is 2.23. The summed E-state index contributed by atoms with van der Waals surface area (Å²) in [5, 5.41) is 0. The first-order valence-electron chi connectivity index (χ1n) is 4.80. The zero-order chi connectivity index (χ0) is 10.3. The van der Waals surface area contributed by atoms with Gasteiger partial charge >= 0.3 is 0 Å². The minimum atomic E-state index is 0.447. The van der Waals surface area contributed by atoms with Gasteiger partial charge in [-0.15, -0.1) is 0 Å². The number of nitrogens with two attached hydrogens (primary N) is 1. The first-order valence-corrected chi connectivity index (χ1v) is 4.80. The molecule has 0 radical (unpaired) electrons. The van der Waals surface area contributed by atoms with E-state index in [0.29, 0.717) is 12.6 Å². The fourth-order valence-electron chi connectivity index (χ4n) is 1.24. The molecule has 0 spiro atoms. The second-order valence-electron chi connectivity index (χ2n) is 3.42. The Morgan fingerprint density at radius 2 is 2.00 bits per heavy atom. The monoisotopic (exact) mass is 182 g/mol. The number of hydrogen-bond donors (Lipinski definition) is 1. The van der Waals surface area contributed by atoms with Gasteiger partial charge in [0, 0.05) is 12.6 Å². The largest absolute Gasteiger partial charge is 0.329 e. The third kappa shape index (κ3) is 4.86. The molecule has 0 aliphatic rings. The van der Waals surface area contributed by atoms with Crippen molar-refractivity contribution in [1.82, 2.24) is 4.90 Å². The maximum Gasteiger partial charge on any atom is 0.0252 e. The summed E-state index contributed by atoms with van der Waals surface area (Å²) in [4.78, 5) is 2.17. The smallest absolute Gasteiger partial charge is 0.0252 e. The summed E-state index contributed by atoms with van der Waals surface area (Å²) >= 11 is 0. The van der Waals surface area contributed by atoms with E-state index >= 15 is 0 Å². The van der Waals surface area contributed by atoms with Gasteiger partial charge in [0.2, 0.25) is 0 Å². The van der Waals surface area contributed by atoms with E-state index in [-0.39, 0.29) is 0 Å². The van der Waals surface area contributed by atoms with Crippen LogP contribution >= 0.6 is 0 Å². The van der Waals surface area contributed by atoms with Gasteiger partial charge in [-0.25, -0.2) is 0 Å². The Hall–Kier alpha value is -0.600. The summed E-state index contributed by atoms with van der Waals surface area (Å²) in [6.07, 6.45) is 7.39. The summed E-state index contributed by atoms with van der Waals surface area (Å²) in [6, 6.07) is 0.447. The maximum atomic E-state index is 5.68. The third-order valence-electron chi connectivity index (χ3n) is 2.23. The van der Waals surface area contributed by atoms with E-state index in [9.17, 15) is 0 Å². The van der Waals surface area contributed by atoms with Crippen molar-refractivity contribution in [2.45, 2.75) is 26.3 Å². The summed E-state index contributed by atoms with van der Waals surface area (Å²) in [5.41, 5.74) is 7.03. The van der Waals surface area contributed by atoms with E-state index in [2.05, 4.69) is 44.1 Å². The SMILES string of the molecule is C/C=C\C(=C/C)CC(CN)N(C)C. The summed E-state index contributed by atoms with van der Waals surface area (Å²) in [5.74, 6) is 0. The highest BCUT2D eigenvalue weighted by molar-refractivity contribution is 5.18. The highest BCUT2D eigenvalue weighted by Crippen LogP contribution is 2.09. The average Bonchev–Trinajstić information content (AvgIpc) is 2.11. The van der Waals surface area contributed by atoms with Crippen molar-refractivity contribution in [2.75, 3.05) is 20.6 Å². The van der Waals surface area contributed by atoms with Gasteiger partial charge in [-0.05, 0) is 34.4 Å². The lowest BCUT2D eigenvalue weighted by molar-refractivity contribution is 0.298. The van der Waals surface area contributed by atoms with Gasteiger partial charge in [0.15, 0.2) is 0 Å². The zero-order valence-electron chi connectivity index (χ0n) is 9.25. The second-order valence-corrected chi connectivity index (χ2v) is 3.42. The second kappa shape index (κ2) is 6.87. The minimum Gasteiger partial charge on any atom is -0.329 e. The summed E-state index contributed by atoms with van der Waals surface area (Å²) in [7, 11) is 4.14. The molecule has 0 aromatic carbocycles. The van der Waals surface area contributed by atoms with Crippen LogP contribution in [-0.2, 0) is 0 Å². The molecule has 0 heterocycles. The lowest BCUT2D eigenvalue weighted by atomic mass is 10.0. The molecular weight excluding hydrogens is 160 g/mol. The molecule has 0 aromatic rings. The molecule has 0 aromatic heterocycles. The Morgan fingerprint density at radius 1 is 1.38 bits per heavy atom. The molecule has 2 nitrogen and oxygen atoms in total. The normalized spacial score (nSPS) is 15.7. The number of likely N-dealkylation sites (N-methyl/N-ethyl adjacent to an activating group) is 1. The Bertz CT molecular complexity index is 181. The number of allylic oxidation sites excluding steroid dienone is 3. The van der Waals surface area contributed by atoms with Crippen LogP contribution in [-0.4, -0.2) is 31.6 Å². The van der Waals surface area contributed by atoms with Gasteiger partial charge in [0.1, 0.15) is 0 Å². The molecule has 13 heavy (non-hydrogen) atoms. The van der Waals surface area contributed by atoms with Crippen molar-refractivity contribution in [2.24, 2.45) is 5.73 Å². The molecule has 0 aliphatic heterocycles. The first-order chi connectivity index (χ1) is 6.15. The summed E-state index contributed by atoms with van der Waals surface area (Å²) < 4.78 is 0. The molecule has 76 valence electrons. The molecule has 0 saturated carbocycles. The van der Waals surface area contributed by atoms with Gasteiger partial charge in [-0.1, -0.05) is 23.8 Å². The van der Waals surface area contributed by atoms with Crippen LogP contribution in [0.15, 0.2) is 23.8 Å². The standard InChI is InChI=1S/C11H22N2/c1-5-7-10(6-2)8-11(9-12)13(3)4/h5-7,11H,8-9,12H2,1-4H3/b7-5-,10-6+. The minimum absolute atomic E-state index is 0.447. The molecular formula is C11H22N2. The Kier molecular flexibility index (Phi) is 6.55. The Labute approximate surface area is 82.1 Å². The van der Waals surface area contributed by atoms with Gasteiger partial charge in [0.05, 0.1) is 0 Å². The lowest BCUT2D eigenvalue weighted by Crippen LogP contribution is -2.35. The van der Waals surface area contributed by atoms with Crippen LogP contribution in [0.2, 0.25) is 0 Å². The van der Waals surface area contributed by atoms with Crippen LogP contribution < -0.4 is 5.73 Å². The van der Waals surface area contributed by atoms with E-state index in [0.717, 1.165) is 6.42 Å². The number of nitrogens with zero attached hydrogens (tertiary/aromatic N) is 1. The van der Waals surface area contributed by atoms with E-state index in [4.69, 9.17) is 5.73 Å². The van der Waals surface area contributed by atoms with Gasteiger partial charge in [-0.2, -0.15) is 0 Å². The van der Waals surface area contributed by atoms with Crippen molar-refractivity contribution in [3.05, 3.63) is 23.8 Å². The molecule has 0 saturated heterocycles. The molecule has 0 aliphatic carbocycles. The molecule has 2 N–H and O–H groups in total. The highest BCUT2D eigenvalue weighted by atomic mass is 15.1. The van der Waals surface area contributed by atoms with E-state index < -0.39 is 0 Å². The zero-order valence-corrected chi connectivity index (χ0v) is 9.25. The van der Waals surface area contributed by atoms with Crippen LogP contribution in [0.1, 0.15) is 20.3 Å². The lowest BCUT2D eigenvalue weighted by Gasteiger charge is -2.22. The molecule has 2 heteroatoms. The average molecular weight is 182 g/mol. The van der Waals surface area contributed by atoms with Crippen LogP contribution in [0.25, 0.3) is 0 Å². The van der Waals surface area contributed by atoms with Gasteiger partial charge in [0.25, 0.3) is 0 Å². The van der Waals surface area contributed by atoms with Crippen molar-refractivity contribution >= 4 is 0 Å². The highest BCUT2D eigenvalue weighted by Gasteiger charge is 2.09. The van der Waals surface area contributed by atoms with Crippen LogP contribution in [0.4, 0.5) is 0 Å². The fraction of sp³-hybridized carbons (Fsp3) is 0.636. The van der Waals surface area contributed by atoms with Gasteiger partial charge < -0.3 is 10.6 Å². The molecule has 1 unspecified atom stereocenters. The van der Waals surface area contributed by atoms with Crippen LogP contribution in [0, 0.1) is 0 Å². The maximum absolute atomic E-state index is 5.68. The molecule has 0 rings (SSSR count). The summed E-state index contributed by atoms with van der Waals surface area (Å²) in [6.45, 7) is 4.82. The van der Waals surface area contributed by atoms with Crippen molar-refractivity contribution in [1.29, 1.82) is 0 Å². The Balaban J connectivity index is 4.20. The number of hydrogen-bond acceptors (Lipinski definition) is 2. The van der Waals surface area contributed by atoms with Crippen LogP contribution in [0.3, 0.4) is 0 Å².